The van der Waals surface area contributed by atoms with Crippen LogP contribution in [0.3, 0.4) is 0 Å². The van der Waals surface area contributed by atoms with Crippen LogP contribution in [0.2, 0.25) is 0 Å². The molecule has 0 aromatic heterocycles. The van der Waals surface area contributed by atoms with E-state index in [1.807, 2.05) is 0 Å². The summed E-state index contributed by atoms with van der Waals surface area (Å²) in [5, 5.41) is 0. The fourth-order valence-electron chi connectivity index (χ4n) is 2.52. The van der Waals surface area contributed by atoms with Crippen molar-refractivity contribution in [1.82, 2.24) is 0 Å². The van der Waals surface area contributed by atoms with Crippen molar-refractivity contribution in [3.63, 3.8) is 0 Å². The minimum Gasteiger partial charge on any atom is -0.459 e. The number of hydrogen-bond acceptors (Lipinski definition) is 6. The molecule has 6 nitrogen and oxygen atoms in total. The molecule has 0 amide bonds. The summed E-state index contributed by atoms with van der Waals surface area (Å²) in [7, 11) is 0. The SMILES string of the molecule is C[C@H](OC(=O)/C=C/C(=O)OC1CCCCCCC1)C(=O)OC(C)(C)C. The lowest BCUT2D eigenvalue weighted by atomic mass is 9.99. The number of carbonyl (C=O) groups is 3. The predicted octanol–water partition coefficient (Wildman–Crippen LogP) is 3.47. The predicted molar refractivity (Wildman–Crippen MR) is 92.7 cm³/mol. The molecule has 25 heavy (non-hydrogen) atoms. The average Bonchev–Trinajstić information content (AvgIpc) is 2.46. The number of ether oxygens (including phenoxy) is 3. The third-order valence-electron chi connectivity index (χ3n) is 3.72. The van der Waals surface area contributed by atoms with Crippen molar-refractivity contribution < 1.29 is 28.6 Å². The maximum Gasteiger partial charge on any atom is 0.347 e. The largest absolute Gasteiger partial charge is 0.459 e. The van der Waals surface area contributed by atoms with Gasteiger partial charge >= 0.3 is 17.9 Å². The van der Waals surface area contributed by atoms with Crippen LogP contribution in [0.5, 0.6) is 0 Å². The standard InChI is InChI=1S/C19H30O6/c1-14(18(22)25-19(2,3)4)23-16(20)12-13-17(21)24-15-10-8-6-5-7-9-11-15/h12-15H,5-11H2,1-4H3/b13-12+/t14-/m0/s1. The van der Waals surface area contributed by atoms with Gasteiger partial charge in [-0.15, -0.1) is 0 Å². The fourth-order valence-corrected chi connectivity index (χ4v) is 2.52. The van der Waals surface area contributed by atoms with E-state index in [9.17, 15) is 14.4 Å². The van der Waals surface area contributed by atoms with E-state index >= 15 is 0 Å². The number of carbonyl (C=O) groups excluding carboxylic acids is 3. The normalized spacial score (nSPS) is 18.1. The summed E-state index contributed by atoms with van der Waals surface area (Å²) in [6, 6.07) is 0. The first-order valence-electron chi connectivity index (χ1n) is 8.99. The van der Waals surface area contributed by atoms with Crippen molar-refractivity contribution in [3.05, 3.63) is 12.2 Å². The molecule has 0 N–H and O–H groups in total. The Hall–Kier alpha value is -1.85. The van der Waals surface area contributed by atoms with Gasteiger partial charge in [0.25, 0.3) is 0 Å². The quantitative estimate of drug-likeness (QED) is 0.427. The lowest BCUT2D eigenvalue weighted by Crippen LogP contribution is -2.32. The molecular weight excluding hydrogens is 324 g/mol. The molecule has 0 aromatic carbocycles. The zero-order chi connectivity index (χ0) is 18.9. The van der Waals surface area contributed by atoms with E-state index in [0.717, 1.165) is 37.8 Å². The van der Waals surface area contributed by atoms with E-state index in [1.54, 1.807) is 20.8 Å². The van der Waals surface area contributed by atoms with Gasteiger partial charge in [0.15, 0.2) is 6.10 Å². The molecule has 0 radical (unpaired) electrons. The smallest absolute Gasteiger partial charge is 0.347 e. The molecular formula is C19H30O6. The monoisotopic (exact) mass is 354 g/mol. The maximum atomic E-state index is 11.8. The first kappa shape index (κ1) is 21.2. The van der Waals surface area contributed by atoms with Crippen molar-refractivity contribution in [1.29, 1.82) is 0 Å². The summed E-state index contributed by atoms with van der Waals surface area (Å²) < 4.78 is 15.4. The van der Waals surface area contributed by atoms with Crippen LogP contribution >= 0.6 is 0 Å². The summed E-state index contributed by atoms with van der Waals surface area (Å²) in [4.78, 5) is 35.2. The van der Waals surface area contributed by atoms with Crippen LogP contribution in [0, 0.1) is 0 Å². The van der Waals surface area contributed by atoms with Gasteiger partial charge in [0.2, 0.25) is 0 Å². The molecule has 1 rings (SSSR count). The first-order chi connectivity index (χ1) is 11.7. The van der Waals surface area contributed by atoms with Crippen molar-refractivity contribution >= 4 is 17.9 Å². The molecule has 0 heterocycles. The van der Waals surface area contributed by atoms with E-state index in [2.05, 4.69) is 0 Å². The molecule has 0 unspecified atom stereocenters. The molecule has 1 aliphatic rings. The van der Waals surface area contributed by atoms with Crippen LogP contribution in [0.1, 0.15) is 72.6 Å². The van der Waals surface area contributed by atoms with Crippen LogP contribution in [-0.2, 0) is 28.6 Å². The number of esters is 3. The Morgan fingerprint density at radius 2 is 1.44 bits per heavy atom. The van der Waals surface area contributed by atoms with Crippen molar-refractivity contribution in [2.24, 2.45) is 0 Å². The summed E-state index contributed by atoms with van der Waals surface area (Å²) in [6.45, 7) is 6.60. The second kappa shape index (κ2) is 10.2. The van der Waals surface area contributed by atoms with Gasteiger partial charge in [0.05, 0.1) is 0 Å². The Morgan fingerprint density at radius 1 is 0.920 bits per heavy atom. The maximum absolute atomic E-state index is 11.8. The van der Waals surface area contributed by atoms with Gasteiger partial charge in [-0.2, -0.15) is 0 Å². The van der Waals surface area contributed by atoms with Crippen molar-refractivity contribution in [2.45, 2.75) is 90.4 Å². The lowest BCUT2D eigenvalue weighted by molar-refractivity contribution is -0.172. The summed E-state index contributed by atoms with van der Waals surface area (Å²) >= 11 is 0. The second-order valence-electron chi connectivity index (χ2n) is 7.35. The molecule has 0 saturated heterocycles. The lowest BCUT2D eigenvalue weighted by Gasteiger charge is -2.21. The highest BCUT2D eigenvalue weighted by Gasteiger charge is 2.24. The summed E-state index contributed by atoms with van der Waals surface area (Å²) in [5.74, 6) is -1.98. The van der Waals surface area contributed by atoms with Crippen LogP contribution in [0.25, 0.3) is 0 Å². The fraction of sp³-hybridized carbons (Fsp3) is 0.737. The van der Waals surface area contributed by atoms with E-state index in [0.29, 0.717) is 0 Å². The van der Waals surface area contributed by atoms with Gasteiger partial charge in [-0.3, -0.25) is 0 Å². The van der Waals surface area contributed by atoms with E-state index in [-0.39, 0.29) is 6.10 Å². The highest BCUT2D eigenvalue weighted by atomic mass is 16.6. The number of rotatable bonds is 5. The van der Waals surface area contributed by atoms with Gasteiger partial charge in [0, 0.05) is 12.2 Å². The van der Waals surface area contributed by atoms with Crippen LogP contribution < -0.4 is 0 Å². The Morgan fingerprint density at radius 3 is 2.00 bits per heavy atom. The van der Waals surface area contributed by atoms with Crippen LogP contribution in [-0.4, -0.2) is 35.7 Å². The molecule has 0 aliphatic heterocycles. The minimum absolute atomic E-state index is 0.0887. The topological polar surface area (TPSA) is 78.9 Å². The van der Waals surface area contributed by atoms with Crippen molar-refractivity contribution in [3.8, 4) is 0 Å². The van der Waals surface area contributed by atoms with Gasteiger partial charge < -0.3 is 14.2 Å². The van der Waals surface area contributed by atoms with Gasteiger partial charge in [-0.05, 0) is 53.4 Å². The molecule has 0 bridgehead atoms. The average molecular weight is 354 g/mol. The third-order valence-corrected chi connectivity index (χ3v) is 3.72. The molecule has 142 valence electrons. The molecule has 1 saturated carbocycles. The van der Waals surface area contributed by atoms with Crippen LogP contribution in [0.4, 0.5) is 0 Å². The summed E-state index contributed by atoms with van der Waals surface area (Å²) in [6.07, 6.45) is 8.29. The Bertz CT molecular complexity index is 481. The summed E-state index contributed by atoms with van der Waals surface area (Å²) in [5.41, 5.74) is -0.658. The molecule has 0 aromatic rings. The van der Waals surface area contributed by atoms with Gasteiger partial charge in [0.1, 0.15) is 11.7 Å². The first-order valence-corrected chi connectivity index (χ1v) is 8.99. The van der Waals surface area contributed by atoms with Crippen molar-refractivity contribution in [2.75, 3.05) is 0 Å². The van der Waals surface area contributed by atoms with Gasteiger partial charge in [-0.1, -0.05) is 19.3 Å². The van der Waals surface area contributed by atoms with Crippen LogP contribution in [0.15, 0.2) is 12.2 Å². The number of hydrogen-bond donors (Lipinski definition) is 0. The zero-order valence-electron chi connectivity index (χ0n) is 15.7. The molecule has 1 fully saturated rings. The Balaban J connectivity index is 2.39. The molecule has 6 heteroatoms. The highest BCUT2D eigenvalue weighted by molar-refractivity contribution is 5.92. The van der Waals surface area contributed by atoms with E-state index < -0.39 is 29.6 Å². The molecule has 1 atom stereocenters. The zero-order valence-corrected chi connectivity index (χ0v) is 15.7. The van der Waals surface area contributed by atoms with Gasteiger partial charge in [-0.25, -0.2) is 14.4 Å². The molecule has 0 spiro atoms. The highest BCUT2D eigenvalue weighted by Crippen LogP contribution is 2.19. The second-order valence-corrected chi connectivity index (χ2v) is 7.35. The Kier molecular flexibility index (Phi) is 8.66. The van der Waals surface area contributed by atoms with E-state index in [4.69, 9.17) is 14.2 Å². The minimum atomic E-state index is -1.04. The van der Waals surface area contributed by atoms with E-state index in [1.165, 1.54) is 26.2 Å². The Labute approximate surface area is 149 Å². The molecule has 1 aliphatic carbocycles. The third kappa shape index (κ3) is 9.89.